The first-order chi connectivity index (χ1) is 11.4. The zero-order chi connectivity index (χ0) is 15.5. The Hall–Kier alpha value is -2.06. The minimum Gasteiger partial charge on any atom is -0.488 e. The fourth-order valence-corrected chi connectivity index (χ4v) is 3.72. The second-order valence-electron chi connectivity index (χ2n) is 6.57. The first-order valence-electron chi connectivity index (χ1n) is 8.61. The summed E-state index contributed by atoms with van der Waals surface area (Å²) in [6.07, 6.45) is 7.43. The van der Waals surface area contributed by atoms with Gasteiger partial charge in [0.2, 0.25) is 0 Å². The van der Waals surface area contributed by atoms with Crippen molar-refractivity contribution in [3.8, 4) is 5.75 Å². The Balaban J connectivity index is 1.56. The highest BCUT2D eigenvalue weighted by atomic mass is 16.5. The van der Waals surface area contributed by atoms with Crippen LogP contribution in [0.4, 0.5) is 0 Å². The standard InChI is InChI=1S/C21H23NO/c1-2-7-16(8-3-1)15-23-21-12-5-4-11-20(21)17-13-18-9-6-10-19(14-17)22-18/h1-5,7-8,11-13,18-19,22H,6,9-10,14-15H2. The SMILES string of the molecule is C1=C(c2ccccc2OCc2ccccc2)CC2CCCC1N2. The summed E-state index contributed by atoms with van der Waals surface area (Å²) >= 11 is 0. The van der Waals surface area contributed by atoms with Crippen molar-refractivity contribution in [1.82, 2.24) is 5.32 Å². The van der Waals surface area contributed by atoms with Gasteiger partial charge in [0.25, 0.3) is 0 Å². The number of nitrogens with one attached hydrogen (secondary N) is 1. The summed E-state index contributed by atoms with van der Waals surface area (Å²) < 4.78 is 6.14. The van der Waals surface area contributed by atoms with Crippen LogP contribution < -0.4 is 10.1 Å². The summed E-state index contributed by atoms with van der Waals surface area (Å²) in [5.74, 6) is 1.00. The van der Waals surface area contributed by atoms with Gasteiger partial charge < -0.3 is 10.1 Å². The van der Waals surface area contributed by atoms with Crippen molar-refractivity contribution in [3.05, 3.63) is 71.8 Å². The Labute approximate surface area is 138 Å². The van der Waals surface area contributed by atoms with E-state index < -0.39 is 0 Å². The Bertz CT molecular complexity index is 692. The number of ether oxygens (including phenoxy) is 1. The van der Waals surface area contributed by atoms with Gasteiger partial charge in [0.1, 0.15) is 12.4 Å². The van der Waals surface area contributed by atoms with Gasteiger partial charge in [-0.05, 0) is 36.5 Å². The lowest BCUT2D eigenvalue weighted by Gasteiger charge is -2.35. The van der Waals surface area contributed by atoms with Crippen molar-refractivity contribution in [2.24, 2.45) is 0 Å². The van der Waals surface area contributed by atoms with E-state index in [1.165, 1.54) is 36.0 Å². The van der Waals surface area contributed by atoms with Crippen LogP contribution in [0.5, 0.6) is 5.75 Å². The van der Waals surface area contributed by atoms with Gasteiger partial charge in [-0.15, -0.1) is 0 Å². The molecule has 1 N–H and O–H groups in total. The number of hydrogen-bond donors (Lipinski definition) is 1. The number of rotatable bonds is 4. The van der Waals surface area contributed by atoms with E-state index >= 15 is 0 Å². The Morgan fingerprint density at radius 2 is 1.78 bits per heavy atom. The molecule has 0 saturated carbocycles. The molecule has 2 unspecified atom stereocenters. The second kappa shape index (κ2) is 6.59. The Morgan fingerprint density at radius 3 is 2.65 bits per heavy atom. The first kappa shape index (κ1) is 14.5. The molecule has 1 fully saturated rings. The molecule has 23 heavy (non-hydrogen) atoms. The molecule has 2 aromatic carbocycles. The lowest BCUT2D eigenvalue weighted by atomic mass is 9.84. The average Bonchev–Trinajstić information content (AvgIpc) is 2.61. The van der Waals surface area contributed by atoms with E-state index in [-0.39, 0.29) is 0 Å². The topological polar surface area (TPSA) is 21.3 Å². The Kier molecular flexibility index (Phi) is 4.16. The van der Waals surface area contributed by atoms with Gasteiger partial charge in [0.15, 0.2) is 0 Å². The van der Waals surface area contributed by atoms with Crippen LogP contribution in [0.3, 0.4) is 0 Å². The van der Waals surface area contributed by atoms with Crippen LogP contribution in [0.25, 0.3) is 5.57 Å². The number of benzene rings is 2. The van der Waals surface area contributed by atoms with Crippen molar-refractivity contribution < 1.29 is 4.74 Å². The van der Waals surface area contributed by atoms with Crippen LogP contribution in [-0.4, -0.2) is 12.1 Å². The molecule has 0 radical (unpaired) electrons. The molecule has 2 aromatic rings. The molecule has 0 spiro atoms. The maximum absolute atomic E-state index is 6.14. The van der Waals surface area contributed by atoms with E-state index in [9.17, 15) is 0 Å². The molecule has 1 saturated heterocycles. The van der Waals surface area contributed by atoms with Crippen molar-refractivity contribution in [1.29, 1.82) is 0 Å². The van der Waals surface area contributed by atoms with E-state index in [0.717, 1.165) is 12.2 Å². The molecule has 2 aliphatic heterocycles. The molecule has 2 nitrogen and oxygen atoms in total. The van der Waals surface area contributed by atoms with Crippen LogP contribution in [0.1, 0.15) is 36.8 Å². The maximum atomic E-state index is 6.14. The molecule has 2 heterocycles. The molecule has 0 aliphatic carbocycles. The van der Waals surface area contributed by atoms with Crippen LogP contribution >= 0.6 is 0 Å². The molecule has 2 atom stereocenters. The molecule has 0 amide bonds. The van der Waals surface area contributed by atoms with Crippen LogP contribution in [0.15, 0.2) is 60.7 Å². The van der Waals surface area contributed by atoms with Gasteiger partial charge in [-0.1, -0.05) is 61.0 Å². The summed E-state index contributed by atoms with van der Waals surface area (Å²) in [5, 5.41) is 3.71. The summed E-state index contributed by atoms with van der Waals surface area (Å²) in [6.45, 7) is 0.621. The molecule has 0 aromatic heterocycles. The van der Waals surface area contributed by atoms with E-state index in [0.29, 0.717) is 18.7 Å². The van der Waals surface area contributed by atoms with Gasteiger partial charge in [-0.3, -0.25) is 0 Å². The van der Waals surface area contributed by atoms with Gasteiger partial charge in [0.05, 0.1) is 0 Å². The zero-order valence-corrected chi connectivity index (χ0v) is 13.4. The third-order valence-electron chi connectivity index (χ3n) is 4.86. The Morgan fingerprint density at radius 1 is 0.957 bits per heavy atom. The van der Waals surface area contributed by atoms with Crippen molar-refractivity contribution in [2.75, 3.05) is 0 Å². The predicted molar refractivity (Wildman–Crippen MR) is 94.4 cm³/mol. The number of fused-ring (bicyclic) bond motifs is 2. The third-order valence-corrected chi connectivity index (χ3v) is 4.86. The van der Waals surface area contributed by atoms with Crippen molar-refractivity contribution in [2.45, 2.75) is 44.4 Å². The largest absolute Gasteiger partial charge is 0.488 e. The van der Waals surface area contributed by atoms with Crippen LogP contribution in [0.2, 0.25) is 0 Å². The minimum atomic E-state index is 0.541. The van der Waals surface area contributed by atoms with Gasteiger partial charge in [-0.25, -0.2) is 0 Å². The smallest absolute Gasteiger partial charge is 0.127 e. The molecule has 4 rings (SSSR count). The molecular formula is C21H23NO. The monoisotopic (exact) mass is 305 g/mol. The van der Waals surface area contributed by atoms with Gasteiger partial charge in [-0.2, -0.15) is 0 Å². The quantitative estimate of drug-likeness (QED) is 0.894. The summed E-state index contributed by atoms with van der Waals surface area (Å²) in [6, 6.07) is 20.0. The van der Waals surface area contributed by atoms with Crippen molar-refractivity contribution >= 4 is 5.57 Å². The van der Waals surface area contributed by atoms with E-state index in [2.05, 4.69) is 59.9 Å². The fourth-order valence-electron chi connectivity index (χ4n) is 3.72. The van der Waals surface area contributed by atoms with E-state index in [4.69, 9.17) is 4.74 Å². The van der Waals surface area contributed by atoms with Crippen molar-refractivity contribution in [3.63, 3.8) is 0 Å². The van der Waals surface area contributed by atoms with E-state index in [1.807, 2.05) is 6.07 Å². The van der Waals surface area contributed by atoms with Gasteiger partial charge in [0, 0.05) is 17.6 Å². The fraction of sp³-hybridized carbons (Fsp3) is 0.333. The third kappa shape index (κ3) is 3.32. The average molecular weight is 305 g/mol. The zero-order valence-electron chi connectivity index (χ0n) is 13.4. The van der Waals surface area contributed by atoms with Gasteiger partial charge >= 0.3 is 0 Å². The number of para-hydroxylation sites is 1. The highest BCUT2D eigenvalue weighted by molar-refractivity contribution is 5.72. The summed E-state index contributed by atoms with van der Waals surface area (Å²) in [4.78, 5) is 0. The predicted octanol–water partition coefficient (Wildman–Crippen LogP) is 4.56. The maximum Gasteiger partial charge on any atom is 0.127 e. The number of piperidine rings is 1. The highest BCUT2D eigenvalue weighted by Gasteiger charge is 2.26. The molecular weight excluding hydrogens is 282 g/mol. The van der Waals surface area contributed by atoms with Crippen LogP contribution in [-0.2, 0) is 6.61 Å². The normalized spacial score (nSPS) is 23.2. The minimum absolute atomic E-state index is 0.541. The van der Waals surface area contributed by atoms with E-state index in [1.54, 1.807) is 0 Å². The second-order valence-corrected chi connectivity index (χ2v) is 6.57. The molecule has 2 heteroatoms. The molecule has 2 aliphatic rings. The van der Waals surface area contributed by atoms with Crippen LogP contribution in [0, 0.1) is 0 Å². The summed E-state index contributed by atoms with van der Waals surface area (Å²) in [5.41, 5.74) is 3.92. The lowest BCUT2D eigenvalue weighted by molar-refractivity contribution is 0.304. The molecule has 2 bridgehead atoms. The lowest BCUT2D eigenvalue weighted by Crippen LogP contribution is -2.44. The summed E-state index contributed by atoms with van der Waals surface area (Å²) in [7, 11) is 0. The highest BCUT2D eigenvalue weighted by Crippen LogP contribution is 2.35. The first-order valence-corrected chi connectivity index (χ1v) is 8.61. The number of hydrogen-bond acceptors (Lipinski definition) is 2. The molecule has 118 valence electrons.